The summed E-state index contributed by atoms with van der Waals surface area (Å²) in [6.45, 7) is 5.80. The lowest BCUT2D eigenvalue weighted by Crippen LogP contribution is -2.44. The smallest absolute Gasteiger partial charge is 0.122 e. The third kappa shape index (κ3) is 2.82. The Labute approximate surface area is 127 Å². The van der Waals surface area contributed by atoms with Gasteiger partial charge in [-0.1, -0.05) is 18.2 Å². The molecule has 2 fully saturated rings. The summed E-state index contributed by atoms with van der Waals surface area (Å²) in [4.78, 5) is 2.68. The molecular weight excluding hydrogens is 260 g/mol. The van der Waals surface area contributed by atoms with E-state index >= 15 is 0 Å². The Hall–Kier alpha value is -1.06. The van der Waals surface area contributed by atoms with Gasteiger partial charge in [0.25, 0.3) is 0 Å². The van der Waals surface area contributed by atoms with E-state index in [9.17, 15) is 0 Å². The van der Waals surface area contributed by atoms with Crippen molar-refractivity contribution in [1.29, 1.82) is 0 Å². The summed E-state index contributed by atoms with van der Waals surface area (Å²) < 4.78 is 5.84. The van der Waals surface area contributed by atoms with Crippen LogP contribution in [0.15, 0.2) is 24.3 Å². The van der Waals surface area contributed by atoms with E-state index in [0.29, 0.717) is 5.92 Å². The zero-order chi connectivity index (χ0) is 14.1. The van der Waals surface area contributed by atoms with Crippen molar-refractivity contribution in [2.24, 2.45) is 5.92 Å². The van der Waals surface area contributed by atoms with E-state index in [0.717, 1.165) is 24.3 Å². The summed E-state index contributed by atoms with van der Waals surface area (Å²) >= 11 is 0. The molecule has 1 aromatic rings. The van der Waals surface area contributed by atoms with Crippen LogP contribution in [0.1, 0.15) is 37.2 Å². The van der Waals surface area contributed by atoms with Crippen LogP contribution in [-0.4, -0.2) is 43.7 Å². The molecule has 4 rings (SSSR count). The van der Waals surface area contributed by atoms with E-state index < -0.39 is 0 Å². The fourth-order valence-electron chi connectivity index (χ4n) is 4.39. The van der Waals surface area contributed by atoms with Gasteiger partial charge in [-0.3, -0.25) is 0 Å². The van der Waals surface area contributed by atoms with Crippen LogP contribution in [0.25, 0.3) is 0 Å². The van der Waals surface area contributed by atoms with E-state index in [2.05, 4.69) is 34.5 Å². The minimum Gasteiger partial charge on any atom is -0.493 e. The van der Waals surface area contributed by atoms with Crippen molar-refractivity contribution in [2.45, 2.75) is 37.6 Å². The average molecular weight is 286 g/mol. The van der Waals surface area contributed by atoms with Crippen LogP contribution in [0.4, 0.5) is 0 Å². The molecule has 0 amide bonds. The Balaban J connectivity index is 1.39. The van der Waals surface area contributed by atoms with Crippen molar-refractivity contribution in [3.8, 4) is 5.75 Å². The summed E-state index contributed by atoms with van der Waals surface area (Å²) in [5, 5.41) is 3.70. The number of rotatable bonds is 3. The molecule has 3 unspecified atom stereocenters. The first-order chi connectivity index (χ1) is 10.4. The summed E-state index contributed by atoms with van der Waals surface area (Å²) in [6.07, 6.45) is 5.52. The number of ether oxygens (including phenoxy) is 1. The van der Waals surface area contributed by atoms with Crippen LogP contribution in [0, 0.1) is 5.92 Å². The normalized spacial score (nSPS) is 32.9. The number of hydrogen-bond donors (Lipinski definition) is 1. The maximum Gasteiger partial charge on any atom is 0.122 e. The molecule has 1 N–H and O–H groups in total. The molecule has 3 aliphatic rings. The number of hydrogen-bond acceptors (Lipinski definition) is 3. The Kier molecular flexibility index (Phi) is 3.87. The van der Waals surface area contributed by atoms with Crippen LogP contribution in [0.5, 0.6) is 5.75 Å². The third-order valence-corrected chi connectivity index (χ3v) is 5.49. The highest BCUT2D eigenvalue weighted by molar-refractivity contribution is 5.39. The predicted octanol–water partition coefficient (Wildman–Crippen LogP) is 2.63. The van der Waals surface area contributed by atoms with E-state index in [1.54, 1.807) is 0 Å². The summed E-state index contributed by atoms with van der Waals surface area (Å²) in [5.74, 6) is 2.53. The van der Waals surface area contributed by atoms with Gasteiger partial charge in [-0.25, -0.2) is 0 Å². The van der Waals surface area contributed by atoms with Crippen molar-refractivity contribution in [1.82, 2.24) is 10.2 Å². The van der Waals surface area contributed by atoms with Gasteiger partial charge in [0.2, 0.25) is 0 Å². The van der Waals surface area contributed by atoms with Gasteiger partial charge in [0, 0.05) is 30.6 Å². The number of para-hydroxylation sites is 1. The first-order valence-electron chi connectivity index (χ1n) is 8.57. The zero-order valence-electron chi connectivity index (χ0n) is 12.8. The van der Waals surface area contributed by atoms with Gasteiger partial charge in [-0.2, -0.15) is 0 Å². The Morgan fingerprint density at radius 1 is 1.19 bits per heavy atom. The third-order valence-electron chi connectivity index (χ3n) is 5.49. The first-order valence-corrected chi connectivity index (χ1v) is 8.57. The lowest BCUT2D eigenvalue weighted by Gasteiger charge is -2.36. The number of nitrogens with zero attached hydrogens (tertiary/aromatic N) is 1. The number of benzene rings is 1. The number of fused-ring (bicyclic) bond motifs is 1. The summed E-state index contributed by atoms with van der Waals surface area (Å²) in [5.41, 5.74) is 1.42. The molecule has 2 saturated heterocycles. The van der Waals surface area contributed by atoms with Gasteiger partial charge in [0.15, 0.2) is 0 Å². The second kappa shape index (κ2) is 5.98. The molecule has 0 saturated carbocycles. The Morgan fingerprint density at radius 2 is 2.14 bits per heavy atom. The fraction of sp³-hybridized carbons (Fsp3) is 0.667. The summed E-state index contributed by atoms with van der Waals surface area (Å²) in [6, 6.07) is 9.34. The van der Waals surface area contributed by atoms with E-state index in [-0.39, 0.29) is 0 Å². The van der Waals surface area contributed by atoms with Crippen molar-refractivity contribution >= 4 is 0 Å². The minimum absolute atomic E-state index is 0.566. The lowest BCUT2D eigenvalue weighted by molar-refractivity contribution is 0.139. The van der Waals surface area contributed by atoms with Crippen LogP contribution in [0.3, 0.4) is 0 Å². The van der Waals surface area contributed by atoms with Crippen LogP contribution < -0.4 is 10.1 Å². The van der Waals surface area contributed by atoms with Crippen molar-refractivity contribution in [3.05, 3.63) is 29.8 Å². The Bertz CT molecular complexity index is 484. The standard InChI is InChI=1S/C18H26N2O/c1-2-8-18-16(6-1)15(13-21-18)12-20-10-4-5-14(11-20)17-7-3-9-19-17/h1-2,6,8,14-15,17,19H,3-5,7,9-13H2. The molecule has 0 bridgehead atoms. The minimum atomic E-state index is 0.566. The van der Waals surface area contributed by atoms with Crippen LogP contribution in [-0.2, 0) is 0 Å². The second-order valence-corrected chi connectivity index (χ2v) is 6.91. The molecule has 3 aliphatic heterocycles. The monoisotopic (exact) mass is 286 g/mol. The predicted molar refractivity (Wildman–Crippen MR) is 84.9 cm³/mol. The van der Waals surface area contributed by atoms with Crippen molar-refractivity contribution < 1.29 is 4.74 Å². The lowest BCUT2D eigenvalue weighted by atomic mass is 9.89. The average Bonchev–Trinajstić information content (AvgIpc) is 3.18. The van der Waals surface area contributed by atoms with Crippen LogP contribution >= 0.6 is 0 Å². The molecule has 114 valence electrons. The molecule has 1 aromatic carbocycles. The fourth-order valence-corrected chi connectivity index (χ4v) is 4.39. The molecule has 0 aromatic heterocycles. The maximum absolute atomic E-state index is 5.84. The number of likely N-dealkylation sites (tertiary alicyclic amines) is 1. The molecule has 0 spiro atoms. The summed E-state index contributed by atoms with van der Waals surface area (Å²) in [7, 11) is 0. The number of nitrogens with one attached hydrogen (secondary N) is 1. The second-order valence-electron chi connectivity index (χ2n) is 6.91. The molecular formula is C18H26N2O. The SMILES string of the molecule is c1ccc2c(c1)OCC2CN1CCCC(C2CCCN2)C1. The highest BCUT2D eigenvalue weighted by Crippen LogP contribution is 2.35. The molecule has 0 radical (unpaired) electrons. The molecule has 0 aliphatic carbocycles. The molecule has 3 heteroatoms. The first kappa shape index (κ1) is 13.6. The van der Waals surface area contributed by atoms with E-state index in [4.69, 9.17) is 4.74 Å². The Morgan fingerprint density at radius 3 is 3.05 bits per heavy atom. The van der Waals surface area contributed by atoms with Gasteiger partial charge in [-0.15, -0.1) is 0 Å². The maximum atomic E-state index is 5.84. The zero-order valence-corrected chi connectivity index (χ0v) is 12.8. The van der Waals surface area contributed by atoms with Gasteiger partial charge in [0.1, 0.15) is 5.75 Å². The van der Waals surface area contributed by atoms with Gasteiger partial charge in [-0.05, 0) is 50.8 Å². The van der Waals surface area contributed by atoms with Gasteiger partial charge >= 0.3 is 0 Å². The van der Waals surface area contributed by atoms with Gasteiger partial charge in [0.05, 0.1) is 6.61 Å². The van der Waals surface area contributed by atoms with Crippen molar-refractivity contribution in [3.63, 3.8) is 0 Å². The highest BCUT2D eigenvalue weighted by atomic mass is 16.5. The van der Waals surface area contributed by atoms with Crippen LogP contribution in [0.2, 0.25) is 0 Å². The molecule has 3 nitrogen and oxygen atoms in total. The highest BCUT2D eigenvalue weighted by Gasteiger charge is 2.31. The molecule has 21 heavy (non-hydrogen) atoms. The van der Waals surface area contributed by atoms with E-state index in [1.165, 1.54) is 57.4 Å². The molecule has 3 heterocycles. The largest absolute Gasteiger partial charge is 0.493 e. The quantitative estimate of drug-likeness (QED) is 0.924. The number of piperidine rings is 1. The molecule has 3 atom stereocenters. The van der Waals surface area contributed by atoms with Crippen molar-refractivity contribution in [2.75, 3.05) is 32.8 Å². The topological polar surface area (TPSA) is 24.5 Å². The van der Waals surface area contributed by atoms with E-state index in [1.807, 2.05) is 0 Å². The van der Waals surface area contributed by atoms with Gasteiger partial charge < -0.3 is 15.0 Å².